The van der Waals surface area contributed by atoms with Crippen molar-refractivity contribution in [3.8, 4) is 0 Å². The molecule has 0 aliphatic rings. The van der Waals surface area contributed by atoms with Crippen molar-refractivity contribution >= 4 is 27.6 Å². The zero-order valence-corrected chi connectivity index (χ0v) is 11.0. The van der Waals surface area contributed by atoms with Gasteiger partial charge in [0.05, 0.1) is 6.04 Å². The number of aromatic nitrogens is 2. The fourth-order valence-electron chi connectivity index (χ4n) is 1.50. The minimum atomic E-state index is 0.158. The van der Waals surface area contributed by atoms with Gasteiger partial charge in [0.1, 0.15) is 11.6 Å². The molecule has 1 aromatic heterocycles. The molecule has 88 valence electrons. The quantitative estimate of drug-likeness (QED) is 0.913. The minimum Gasteiger partial charge on any atom is -0.382 e. The number of hydrogen-bond donors (Lipinski definition) is 2. The van der Waals surface area contributed by atoms with Crippen LogP contribution in [0.15, 0.2) is 40.9 Å². The van der Waals surface area contributed by atoms with E-state index in [1.807, 2.05) is 18.2 Å². The highest BCUT2D eigenvalue weighted by atomic mass is 79.9. The van der Waals surface area contributed by atoms with E-state index < -0.39 is 0 Å². The summed E-state index contributed by atoms with van der Waals surface area (Å²) in [6.07, 6.45) is 0. The summed E-state index contributed by atoms with van der Waals surface area (Å²) in [6.45, 7) is 2.07. The van der Waals surface area contributed by atoms with E-state index >= 15 is 0 Å². The molecule has 3 N–H and O–H groups in total. The Labute approximate surface area is 108 Å². The maximum absolute atomic E-state index is 5.48. The lowest BCUT2D eigenvalue weighted by molar-refractivity contribution is 0.861. The second-order valence-corrected chi connectivity index (χ2v) is 4.68. The van der Waals surface area contributed by atoms with E-state index in [1.165, 1.54) is 5.56 Å². The van der Waals surface area contributed by atoms with Crippen LogP contribution in [0.1, 0.15) is 18.5 Å². The Morgan fingerprint density at radius 2 is 2.06 bits per heavy atom. The van der Waals surface area contributed by atoms with Crippen LogP contribution in [0, 0.1) is 0 Å². The van der Waals surface area contributed by atoms with Gasteiger partial charge in [-0.25, -0.2) is 0 Å². The Morgan fingerprint density at radius 3 is 2.71 bits per heavy atom. The van der Waals surface area contributed by atoms with Crippen LogP contribution in [-0.4, -0.2) is 10.2 Å². The Morgan fingerprint density at radius 1 is 1.24 bits per heavy atom. The SMILES string of the molecule is CC(Nc1ccc(N)nn1)c1cccc(Br)c1. The zero-order valence-electron chi connectivity index (χ0n) is 9.39. The molecule has 5 heteroatoms. The van der Waals surface area contributed by atoms with Gasteiger partial charge in [0.25, 0.3) is 0 Å². The van der Waals surface area contributed by atoms with E-state index in [4.69, 9.17) is 5.73 Å². The summed E-state index contributed by atoms with van der Waals surface area (Å²) in [5, 5.41) is 11.0. The van der Waals surface area contributed by atoms with Crippen molar-refractivity contribution in [1.29, 1.82) is 0 Å². The average Bonchev–Trinajstić information content (AvgIpc) is 2.32. The smallest absolute Gasteiger partial charge is 0.149 e. The lowest BCUT2D eigenvalue weighted by atomic mass is 10.1. The highest BCUT2D eigenvalue weighted by Gasteiger charge is 2.06. The van der Waals surface area contributed by atoms with Crippen molar-refractivity contribution < 1.29 is 0 Å². The van der Waals surface area contributed by atoms with E-state index in [9.17, 15) is 0 Å². The van der Waals surface area contributed by atoms with E-state index in [1.54, 1.807) is 6.07 Å². The molecule has 1 aromatic carbocycles. The van der Waals surface area contributed by atoms with Crippen LogP contribution < -0.4 is 11.1 Å². The highest BCUT2D eigenvalue weighted by Crippen LogP contribution is 2.20. The Hall–Kier alpha value is -1.62. The van der Waals surface area contributed by atoms with Gasteiger partial charge in [-0.05, 0) is 36.8 Å². The van der Waals surface area contributed by atoms with Crippen LogP contribution in [0.25, 0.3) is 0 Å². The van der Waals surface area contributed by atoms with Crippen molar-refractivity contribution in [3.05, 3.63) is 46.4 Å². The molecule has 0 spiro atoms. The number of rotatable bonds is 3. The highest BCUT2D eigenvalue weighted by molar-refractivity contribution is 9.10. The third kappa shape index (κ3) is 3.17. The summed E-state index contributed by atoms with van der Waals surface area (Å²) >= 11 is 3.45. The van der Waals surface area contributed by atoms with Gasteiger partial charge in [-0.3, -0.25) is 0 Å². The van der Waals surface area contributed by atoms with Gasteiger partial charge in [0.2, 0.25) is 0 Å². The first-order valence-electron chi connectivity index (χ1n) is 5.26. The number of nitrogens with two attached hydrogens (primary N) is 1. The van der Waals surface area contributed by atoms with Crippen LogP contribution in [0.3, 0.4) is 0 Å². The fraction of sp³-hybridized carbons (Fsp3) is 0.167. The summed E-state index contributed by atoms with van der Waals surface area (Å²) in [5.41, 5.74) is 6.66. The fourth-order valence-corrected chi connectivity index (χ4v) is 1.92. The molecule has 0 aliphatic heterocycles. The largest absolute Gasteiger partial charge is 0.382 e. The van der Waals surface area contributed by atoms with Crippen LogP contribution in [0.2, 0.25) is 0 Å². The lowest BCUT2D eigenvalue weighted by Crippen LogP contribution is -2.08. The predicted octanol–water partition coefficient (Wildman–Crippen LogP) is 2.99. The zero-order chi connectivity index (χ0) is 12.3. The van der Waals surface area contributed by atoms with Gasteiger partial charge in [0, 0.05) is 4.47 Å². The predicted molar refractivity (Wildman–Crippen MR) is 72.6 cm³/mol. The average molecular weight is 293 g/mol. The van der Waals surface area contributed by atoms with Gasteiger partial charge in [-0.15, -0.1) is 10.2 Å². The Kier molecular flexibility index (Phi) is 3.58. The van der Waals surface area contributed by atoms with Gasteiger partial charge < -0.3 is 11.1 Å². The molecule has 0 fully saturated rings. The van der Waals surface area contributed by atoms with Crippen LogP contribution in [0.4, 0.5) is 11.6 Å². The summed E-state index contributed by atoms with van der Waals surface area (Å²) < 4.78 is 1.06. The molecule has 17 heavy (non-hydrogen) atoms. The van der Waals surface area contributed by atoms with Crippen molar-refractivity contribution in [2.45, 2.75) is 13.0 Å². The van der Waals surface area contributed by atoms with E-state index in [-0.39, 0.29) is 6.04 Å². The first-order valence-corrected chi connectivity index (χ1v) is 6.05. The standard InChI is InChI=1S/C12H13BrN4/c1-8(9-3-2-4-10(13)7-9)15-12-6-5-11(14)16-17-12/h2-8H,1H3,(H2,14,16)(H,15,17). The monoisotopic (exact) mass is 292 g/mol. The normalized spacial score (nSPS) is 12.1. The van der Waals surface area contributed by atoms with Gasteiger partial charge in [-0.1, -0.05) is 28.1 Å². The number of hydrogen-bond acceptors (Lipinski definition) is 4. The molecular weight excluding hydrogens is 280 g/mol. The third-order valence-electron chi connectivity index (χ3n) is 2.40. The van der Waals surface area contributed by atoms with Crippen LogP contribution in [-0.2, 0) is 0 Å². The van der Waals surface area contributed by atoms with Crippen molar-refractivity contribution in [2.24, 2.45) is 0 Å². The molecule has 0 saturated heterocycles. The Balaban J connectivity index is 2.11. The van der Waals surface area contributed by atoms with Gasteiger partial charge in [0.15, 0.2) is 0 Å². The van der Waals surface area contributed by atoms with Gasteiger partial charge >= 0.3 is 0 Å². The second-order valence-electron chi connectivity index (χ2n) is 3.76. The molecule has 0 radical (unpaired) electrons. The first kappa shape index (κ1) is 11.9. The number of benzene rings is 1. The molecule has 2 rings (SSSR count). The molecule has 0 amide bonds. The number of nitrogens with zero attached hydrogens (tertiary/aromatic N) is 2. The maximum Gasteiger partial charge on any atom is 0.149 e. The molecular formula is C12H13BrN4. The van der Waals surface area contributed by atoms with E-state index in [0.29, 0.717) is 11.6 Å². The summed E-state index contributed by atoms with van der Waals surface area (Å²) in [7, 11) is 0. The summed E-state index contributed by atoms with van der Waals surface area (Å²) in [4.78, 5) is 0. The maximum atomic E-state index is 5.48. The number of nitrogens with one attached hydrogen (secondary N) is 1. The Bertz CT molecular complexity index is 498. The van der Waals surface area contributed by atoms with Crippen LogP contribution in [0.5, 0.6) is 0 Å². The van der Waals surface area contributed by atoms with Crippen molar-refractivity contribution in [2.75, 3.05) is 11.1 Å². The molecule has 0 saturated carbocycles. The second kappa shape index (κ2) is 5.14. The summed E-state index contributed by atoms with van der Waals surface area (Å²) in [5.74, 6) is 1.14. The first-order chi connectivity index (χ1) is 8.15. The molecule has 4 nitrogen and oxygen atoms in total. The number of nitrogen functional groups attached to an aromatic ring is 1. The lowest BCUT2D eigenvalue weighted by Gasteiger charge is -2.14. The topological polar surface area (TPSA) is 63.8 Å². The van der Waals surface area contributed by atoms with Gasteiger partial charge in [-0.2, -0.15) is 0 Å². The van der Waals surface area contributed by atoms with Crippen molar-refractivity contribution in [1.82, 2.24) is 10.2 Å². The molecule has 1 atom stereocenters. The van der Waals surface area contributed by atoms with E-state index in [0.717, 1.165) is 4.47 Å². The van der Waals surface area contributed by atoms with Crippen LogP contribution >= 0.6 is 15.9 Å². The molecule has 1 heterocycles. The van der Waals surface area contributed by atoms with Crippen molar-refractivity contribution in [3.63, 3.8) is 0 Å². The van der Waals surface area contributed by atoms with E-state index in [2.05, 4.69) is 50.5 Å². The number of halogens is 1. The molecule has 2 aromatic rings. The molecule has 0 aliphatic carbocycles. The molecule has 1 unspecified atom stereocenters. The summed E-state index contributed by atoms with van der Waals surface area (Å²) in [6, 6.07) is 11.8. The third-order valence-corrected chi connectivity index (χ3v) is 2.89. The number of anilines is 2. The molecule has 0 bridgehead atoms. The minimum absolute atomic E-state index is 0.158.